The van der Waals surface area contributed by atoms with Gasteiger partial charge in [0.25, 0.3) is 5.69 Å². The van der Waals surface area contributed by atoms with Crippen LogP contribution in [0.1, 0.15) is 43.0 Å². The zero-order valence-corrected chi connectivity index (χ0v) is 11.9. The average Bonchev–Trinajstić information content (AvgIpc) is 2.41. The highest BCUT2D eigenvalue weighted by Gasteiger charge is 2.26. The van der Waals surface area contributed by atoms with Crippen molar-refractivity contribution in [3.63, 3.8) is 0 Å². The third-order valence-corrected chi connectivity index (χ3v) is 4.00. The molecule has 1 saturated carbocycles. The molecule has 0 bridgehead atoms. The van der Waals surface area contributed by atoms with Crippen molar-refractivity contribution in [3.8, 4) is 0 Å². The molecule has 0 radical (unpaired) electrons. The van der Waals surface area contributed by atoms with Crippen LogP contribution in [0.25, 0.3) is 0 Å². The molecule has 0 aromatic heterocycles. The highest BCUT2D eigenvalue weighted by atomic mass is 35.5. The van der Waals surface area contributed by atoms with Gasteiger partial charge in [0, 0.05) is 12.1 Å². The summed E-state index contributed by atoms with van der Waals surface area (Å²) in [6.45, 7) is 2.05. The summed E-state index contributed by atoms with van der Waals surface area (Å²) in [5, 5.41) is 10.9. The molecule has 1 fully saturated rings. The molecule has 1 aromatic rings. The minimum atomic E-state index is -0.586. The summed E-state index contributed by atoms with van der Waals surface area (Å²) in [4.78, 5) is 22.3. The van der Waals surface area contributed by atoms with Crippen molar-refractivity contribution in [3.05, 3.63) is 38.9 Å². The van der Waals surface area contributed by atoms with Gasteiger partial charge in [0.2, 0.25) is 0 Å². The fraction of sp³-hybridized carbons (Fsp3) is 0.500. The highest BCUT2D eigenvalue weighted by molar-refractivity contribution is 6.33. The van der Waals surface area contributed by atoms with Crippen LogP contribution in [-0.2, 0) is 4.74 Å². The zero-order chi connectivity index (χ0) is 14.7. The Morgan fingerprint density at radius 1 is 1.40 bits per heavy atom. The number of halogens is 1. The van der Waals surface area contributed by atoms with Crippen molar-refractivity contribution in [2.45, 2.75) is 38.7 Å². The van der Waals surface area contributed by atoms with Crippen LogP contribution in [0.2, 0.25) is 5.02 Å². The van der Waals surface area contributed by atoms with Crippen LogP contribution >= 0.6 is 11.6 Å². The lowest BCUT2D eigenvalue weighted by Crippen LogP contribution is -2.28. The quantitative estimate of drug-likeness (QED) is 0.480. The lowest BCUT2D eigenvalue weighted by atomic mass is 9.88. The minimum absolute atomic E-state index is 0.0543. The second-order valence-electron chi connectivity index (χ2n) is 5.13. The van der Waals surface area contributed by atoms with Crippen LogP contribution in [0.5, 0.6) is 0 Å². The summed E-state index contributed by atoms with van der Waals surface area (Å²) >= 11 is 5.93. The van der Waals surface area contributed by atoms with Gasteiger partial charge in [0.05, 0.1) is 15.5 Å². The van der Waals surface area contributed by atoms with Crippen molar-refractivity contribution in [2.75, 3.05) is 0 Å². The van der Waals surface area contributed by atoms with E-state index in [1.54, 1.807) is 0 Å². The maximum Gasteiger partial charge on any atom is 0.340 e. The number of nitrogens with zero attached hydrogens (tertiary/aromatic N) is 1. The number of carbonyl (C=O) groups excluding carboxylic acids is 1. The number of hydrogen-bond donors (Lipinski definition) is 0. The van der Waals surface area contributed by atoms with Gasteiger partial charge in [-0.05, 0) is 31.2 Å². The van der Waals surface area contributed by atoms with Gasteiger partial charge in [-0.15, -0.1) is 0 Å². The SMILES string of the molecule is CC1CCCCC1OC(=O)c1cc([N+](=O)[O-])ccc1Cl. The summed E-state index contributed by atoms with van der Waals surface area (Å²) in [5.74, 6) is -0.275. The molecule has 0 saturated heterocycles. The van der Waals surface area contributed by atoms with Gasteiger partial charge in [-0.1, -0.05) is 24.9 Å². The van der Waals surface area contributed by atoms with E-state index in [2.05, 4.69) is 0 Å². The highest BCUT2D eigenvalue weighted by Crippen LogP contribution is 2.29. The standard InChI is InChI=1S/C14H16ClNO4/c1-9-4-2-3-5-13(9)20-14(17)11-8-10(16(18)19)6-7-12(11)15/h6-9,13H,2-5H2,1H3. The summed E-state index contributed by atoms with van der Waals surface area (Å²) in [6, 6.07) is 3.78. The molecule has 108 valence electrons. The third-order valence-electron chi connectivity index (χ3n) is 3.67. The molecule has 6 heteroatoms. The molecule has 0 amide bonds. The van der Waals surface area contributed by atoms with E-state index < -0.39 is 10.9 Å². The Balaban J connectivity index is 2.16. The Morgan fingerprint density at radius 3 is 2.75 bits per heavy atom. The van der Waals surface area contributed by atoms with Gasteiger partial charge in [-0.3, -0.25) is 10.1 Å². The Hall–Kier alpha value is -1.62. The number of carbonyl (C=O) groups is 1. The normalized spacial score (nSPS) is 22.3. The number of benzene rings is 1. The van der Waals surface area contributed by atoms with E-state index in [4.69, 9.17) is 16.3 Å². The smallest absolute Gasteiger partial charge is 0.340 e. The van der Waals surface area contributed by atoms with E-state index in [1.165, 1.54) is 12.1 Å². The summed E-state index contributed by atoms with van der Waals surface area (Å²) in [5.41, 5.74) is -0.114. The molecule has 0 N–H and O–H groups in total. The van der Waals surface area contributed by atoms with Crippen molar-refractivity contribution >= 4 is 23.3 Å². The summed E-state index contributed by atoms with van der Waals surface area (Å²) in [6.07, 6.45) is 3.91. The van der Waals surface area contributed by atoms with Crippen molar-refractivity contribution < 1.29 is 14.5 Å². The fourth-order valence-corrected chi connectivity index (χ4v) is 2.64. The van der Waals surface area contributed by atoms with Crippen LogP contribution in [0.3, 0.4) is 0 Å². The van der Waals surface area contributed by atoms with Crippen molar-refractivity contribution in [1.29, 1.82) is 0 Å². The molecule has 0 spiro atoms. The molecule has 2 unspecified atom stereocenters. The van der Waals surface area contributed by atoms with Crippen molar-refractivity contribution in [2.24, 2.45) is 5.92 Å². The van der Waals surface area contributed by atoms with Crippen LogP contribution < -0.4 is 0 Å². The van der Waals surface area contributed by atoms with Gasteiger partial charge in [-0.25, -0.2) is 4.79 Å². The van der Waals surface area contributed by atoms with E-state index in [1.807, 2.05) is 6.92 Å². The van der Waals surface area contributed by atoms with Crippen LogP contribution in [0.4, 0.5) is 5.69 Å². The topological polar surface area (TPSA) is 69.4 Å². The molecule has 20 heavy (non-hydrogen) atoms. The molecule has 5 nitrogen and oxygen atoms in total. The number of ether oxygens (including phenoxy) is 1. The Kier molecular flexibility index (Phi) is 4.60. The molecule has 1 aromatic carbocycles. The first kappa shape index (κ1) is 14.8. The monoisotopic (exact) mass is 297 g/mol. The van der Waals surface area contributed by atoms with Gasteiger partial charge < -0.3 is 4.74 Å². The number of esters is 1. The second-order valence-corrected chi connectivity index (χ2v) is 5.53. The lowest BCUT2D eigenvalue weighted by molar-refractivity contribution is -0.384. The van der Waals surface area contributed by atoms with Gasteiger partial charge in [-0.2, -0.15) is 0 Å². The largest absolute Gasteiger partial charge is 0.458 e. The van der Waals surface area contributed by atoms with E-state index in [0.717, 1.165) is 31.7 Å². The first-order valence-electron chi connectivity index (χ1n) is 6.64. The van der Waals surface area contributed by atoms with Gasteiger partial charge in [0.15, 0.2) is 0 Å². The molecule has 0 heterocycles. The minimum Gasteiger partial charge on any atom is -0.458 e. The Morgan fingerprint density at radius 2 is 2.10 bits per heavy atom. The molecule has 0 aliphatic heterocycles. The number of non-ortho nitro benzene ring substituents is 1. The molecule has 1 aliphatic carbocycles. The van der Waals surface area contributed by atoms with E-state index >= 15 is 0 Å². The maximum atomic E-state index is 12.1. The van der Waals surface area contributed by atoms with E-state index in [0.29, 0.717) is 5.92 Å². The number of nitro benzene ring substituents is 1. The number of nitro groups is 1. The Labute approximate surface area is 122 Å². The molecular weight excluding hydrogens is 282 g/mol. The average molecular weight is 298 g/mol. The van der Waals surface area contributed by atoms with Crippen LogP contribution in [0, 0.1) is 16.0 Å². The first-order valence-corrected chi connectivity index (χ1v) is 7.01. The lowest BCUT2D eigenvalue weighted by Gasteiger charge is -2.28. The summed E-state index contributed by atoms with van der Waals surface area (Å²) < 4.78 is 5.46. The van der Waals surface area contributed by atoms with E-state index in [9.17, 15) is 14.9 Å². The molecule has 2 rings (SSSR count). The van der Waals surface area contributed by atoms with Crippen molar-refractivity contribution in [1.82, 2.24) is 0 Å². The predicted molar refractivity (Wildman–Crippen MR) is 74.9 cm³/mol. The Bertz CT molecular complexity index is 532. The molecular formula is C14H16ClNO4. The predicted octanol–water partition coefficient (Wildman–Crippen LogP) is 3.98. The first-order chi connectivity index (χ1) is 9.49. The van der Waals surface area contributed by atoms with Crippen LogP contribution in [-0.4, -0.2) is 17.0 Å². The third kappa shape index (κ3) is 3.28. The molecule has 1 aliphatic rings. The van der Waals surface area contributed by atoms with Gasteiger partial charge in [0.1, 0.15) is 6.10 Å². The fourth-order valence-electron chi connectivity index (χ4n) is 2.44. The van der Waals surface area contributed by atoms with Gasteiger partial charge >= 0.3 is 5.97 Å². The number of hydrogen-bond acceptors (Lipinski definition) is 4. The van der Waals surface area contributed by atoms with Crippen LogP contribution in [0.15, 0.2) is 18.2 Å². The van der Waals surface area contributed by atoms with E-state index in [-0.39, 0.29) is 22.4 Å². The zero-order valence-electron chi connectivity index (χ0n) is 11.2. The second kappa shape index (κ2) is 6.22. The number of rotatable bonds is 3. The molecule has 2 atom stereocenters. The summed E-state index contributed by atoms with van der Waals surface area (Å²) in [7, 11) is 0. The maximum absolute atomic E-state index is 12.1.